The highest BCUT2D eigenvalue weighted by Gasteiger charge is 2.39. The fourth-order valence-corrected chi connectivity index (χ4v) is 3.54. The molecule has 2 aliphatic heterocycles. The van der Waals surface area contributed by atoms with Crippen molar-refractivity contribution in [1.82, 2.24) is 0 Å². The highest BCUT2D eigenvalue weighted by atomic mass is 16.5. The minimum absolute atomic E-state index is 0.140. The van der Waals surface area contributed by atoms with Crippen molar-refractivity contribution >= 4 is 11.8 Å². The van der Waals surface area contributed by atoms with Crippen LogP contribution < -0.4 is 14.2 Å². The minimum Gasteiger partial charge on any atom is -0.496 e. The van der Waals surface area contributed by atoms with E-state index in [0.717, 1.165) is 16.7 Å². The number of Topliss-reactive ketones (excluding diaryl/α,β-unsaturated/α-hetero) is 1. The lowest BCUT2D eigenvalue weighted by Crippen LogP contribution is -2.22. The zero-order valence-corrected chi connectivity index (χ0v) is 14.8. The molecule has 2 aromatic rings. The summed E-state index contributed by atoms with van der Waals surface area (Å²) in [4.78, 5) is 24.8. The molecule has 132 valence electrons. The SMILES string of the molecule is COc1ccccc1[C@H]1CC(=O)Oc2ccc3c(c21)OC(=C(C)C)C3=O. The number of carbonyl (C=O) groups excluding carboxylic acids is 2. The van der Waals surface area contributed by atoms with Crippen molar-refractivity contribution in [3.8, 4) is 17.2 Å². The maximum absolute atomic E-state index is 12.6. The first-order valence-corrected chi connectivity index (χ1v) is 8.41. The van der Waals surface area contributed by atoms with Gasteiger partial charge in [0.05, 0.1) is 19.1 Å². The summed E-state index contributed by atoms with van der Waals surface area (Å²) in [5.41, 5.74) is 2.89. The molecule has 5 heteroatoms. The topological polar surface area (TPSA) is 61.8 Å². The quantitative estimate of drug-likeness (QED) is 0.465. The third-order valence-electron chi connectivity index (χ3n) is 4.72. The van der Waals surface area contributed by atoms with Crippen LogP contribution in [0.1, 0.15) is 47.7 Å². The standard InChI is InChI=1S/C21H18O5/c1-11(2)20-19(23)13-8-9-16-18(21(13)26-20)14(10-17(22)25-16)12-6-4-5-7-15(12)24-3/h4-9,14H,10H2,1-3H3/t14-/m1/s1. The molecular weight excluding hydrogens is 332 g/mol. The van der Waals surface area contributed by atoms with E-state index in [0.29, 0.717) is 28.6 Å². The van der Waals surface area contributed by atoms with E-state index in [4.69, 9.17) is 14.2 Å². The molecular formula is C21H18O5. The first-order valence-electron chi connectivity index (χ1n) is 8.41. The van der Waals surface area contributed by atoms with Crippen LogP contribution in [0.25, 0.3) is 0 Å². The van der Waals surface area contributed by atoms with Gasteiger partial charge in [-0.15, -0.1) is 0 Å². The summed E-state index contributed by atoms with van der Waals surface area (Å²) < 4.78 is 16.8. The number of ether oxygens (including phenoxy) is 3. The van der Waals surface area contributed by atoms with Crippen molar-refractivity contribution in [2.75, 3.05) is 7.11 Å². The predicted molar refractivity (Wildman–Crippen MR) is 94.9 cm³/mol. The van der Waals surface area contributed by atoms with Gasteiger partial charge in [-0.05, 0) is 37.6 Å². The number of ketones is 1. The molecule has 2 aromatic carbocycles. The Bertz CT molecular complexity index is 966. The van der Waals surface area contributed by atoms with Crippen LogP contribution in [-0.2, 0) is 4.79 Å². The van der Waals surface area contributed by atoms with E-state index in [1.165, 1.54) is 0 Å². The number of para-hydroxylation sites is 1. The van der Waals surface area contributed by atoms with E-state index in [9.17, 15) is 9.59 Å². The minimum atomic E-state index is -0.319. The normalized spacial score (nSPS) is 18.0. The molecule has 4 rings (SSSR count). The first-order chi connectivity index (χ1) is 12.5. The van der Waals surface area contributed by atoms with E-state index >= 15 is 0 Å². The number of rotatable bonds is 2. The van der Waals surface area contributed by atoms with Crippen molar-refractivity contribution in [2.24, 2.45) is 0 Å². The molecule has 0 aromatic heterocycles. The second-order valence-corrected chi connectivity index (χ2v) is 6.59. The van der Waals surface area contributed by atoms with Crippen molar-refractivity contribution in [3.63, 3.8) is 0 Å². The summed E-state index contributed by atoms with van der Waals surface area (Å²) in [6.45, 7) is 3.67. The molecule has 5 nitrogen and oxygen atoms in total. The predicted octanol–water partition coefficient (Wildman–Crippen LogP) is 4.01. The van der Waals surface area contributed by atoms with Crippen molar-refractivity contribution < 1.29 is 23.8 Å². The van der Waals surface area contributed by atoms with Crippen LogP contribution in [0.3, 0.4) is 0 Å². The molecule has 0 radical (unpaired) electrons. The van der Waals surface area contributed by atoms with Crippen molar-refractivity contribution in [2.45, 2.75) is 26.2 Å². The zero-order chi connectivity index (χ0) is 18.4. The number of hydrogen-bond acceptors (Lipinski definition) is 5. The van der Waals surface area contributed by atoms with Crippen LogP contribution in [0.15, 0.2) is 47.7 Å². The van der Waals surface area contributed by atoms with E-state index in [-0.39, 0.29) is 24.1 Å². The summed E-state index contributed by atoms with van der Waals surface area (Å²) in [6.07, 6.45) is 0.158. The van der Waals surface area contributed by atoms with Crippen LogP contribution in [-0.4, -0.2) is 18.9 Å². The Morgan fingerprint density at radius 2 is 1.85 bits per heavy atom. The fourth-order valence-electron chi connectivity index (χ4n) is 3.54. The highest BCUT2D eigenvalue weighted by Crippen LogP contribution is 2.50. The Balaban J connectivity index is 1.95. The smallest absolute Gasteiger partial charge is 0.312 e. The van der Waals surface area contributed by atoms with Gasteiger partial charge in [-0.2, -0.15) is 0 Å². The molecule has 0 unspecified atom stereocenters. The molecule has 0 saturated heterocycles. The van der Waals surface area contributed by atoms with Gasteiger partial charge < -0.3 is 14.2 Å². The van der Waals surface area contributed by atoms with Gasteiger partial charge in [0.15, 0.2) is 5.76 Å². The number of benzene rings is 2. The van der Waals surface area contributed by atoms with Gasteiger partial charge in [0.2, 0.25) is 5.78 Å². The van der Waals surface area contributed by atoms with Gasteiger partial charge in [-0.3, -0.25) is 9.59 Å². The Hall–Kier alpha value is -3.08. The van der Waals surface area contributed by atoms with Gasteiger partial charge >= 0.3 is 5.97 Å². The number of allylic oxidation sites excluding steroid dienone is 2. The third kappa shape index (κ3) is 2.39. The van der Waals surface area contributed by atoms with E-state index < -0.39 is 0 Å². The van der Waals surface area contributed by atoms with Crippen LogP contribution >= 0.6 is 0 Å². The van der Waals surface area contributed by atoms with Gasteiger partial charge in [0, 0.05) is 17.0 Å². The van der Waals surface area contributed by atoms with Gasteiger partial charge in [-0.25, -0.2) is 0 Å². The van der Waals surface area contributed by atoms with Crippen LogP contribution in [0, 0.1) is 0 Å². The lowest BCUT2D eigenvalue weighted by atomic mass is 9.84. The number of methoxy groups -OCH3 is 1. The van der Waals surface area contributed by atoms with Gasteiger partial charge in [0.1, 0.15) is 17.2 Å². The Kier molecular flexibility index (Phi) is 3.80. The number of hydrogen-bond donors (Lipinski definition) is 0. The molecule has 0 bridgehead atoms. The van der Waals surface area contributed by atoms with Crippen LogP contribution in [0.2, 0.25) is 0 Å². The molecule has 0 aliphatic carbocycles. The second-order valence-electron chi connectivity index (χ2n) is 6.59. The molecule has 1 atom stereocenters. The lowest BCUT2D eigenvalue weighted by Gasteiger charge is -2.27. The van der Waals surface area contributed by atoms with Gasteiger partial charge in [0.25, 0.3) is 0 Å². The summed E-state index contributed by atoms with van der Waals surface area (Å²) in [5, 5.41) is 0. The second kappa shape index (κ2) is 6.02. The Labute approximate surface area is 151 Å². The van der Waals surface area contributed by atoms with E-state index in [1.807, 2.05) is 38.1 Å². The molecule has 0 fully saturated rings. The highest BCUT2D eigenvalue weighted by molar-refractivity contribution is 6.13. The zero-order valence-electron chi connectivity index (χ0n) is 14.8. The monoisotopic (exact) mass is 350 g/mol. The van der Waals surface area contributed by atoms with Crippen molar-refractivity contribution in [3.05, 3.63) is 64.4 Å². The maximum atomic E-state index is 12.6. The summed E-state index contributed by atoms with van der Waals surface area (Å²) in [6, 6.07) is 10.9. The molecule has 2 aliphatic rings. The molecule has 0 amide bonds. The van der Waals surface area contributed by atoms with Gasteiger partial charge in [-0.1, -0.05) is 18.2 Å². The number of carbonyl (C=O) groups is 2. The first kappa shape index (κ1) is 16.4. The van der Waals surface area contributed by atoms with E-state index in [1.54, 1.807) is 19.2 Å². The fraction of sp³-hybridized carbons (Fsp3) is 0.238. The largest absolute Gasteiger partial charge is 0.496 e. The average Bonchev–Trinajstić information content (AvgIpc) is 2.98. The van der Waals surface area contributed by atoms with E-state index in [2.05, 4.69) is 0 Å². The molecule has 2 heterocycles. The molecule has 0 saturated carbocycles. The Morgan fingerprint density at radius 1 is 1.08 bits per heavy atom. The van der Waals surface area contributed by atoms with Crippen LogP contribution in [0.5, 0.6) is 17.2 Å². The molecule has 26 heavy (non-hydrogen) atoms. The number of esters is 1. The van der Waals surface area contributed by atoms with Crippen molar-refractivity contribution in [1.29, 1.82) is 0 Å². The lowest BCUT2D eigenvalue weighted by molar-refractivity contribution is -0.135. The molecule has 0 N–H and O–H groups in total. The molecule has 0 spiro atoms. The summed E-state index contributed by atoms with van der Waals surface area (Å²) >= 11 is 0. The number of fused-ring (bicyclic) bond motifs is 3. The average molecular weight is 350 g/mol. The third-order valence-corrected chi connectivity index (χ3v) is 4.72. The summed E-state index contributed by atoms with van der Waals surface area (Å²) in [5.74, 6) is 1.16. The summed E-state index contributed by atoms with van der Waals surface area (Å²) in [7, 11) is 1.59. The maximum Gasteiger partial charge on any atom is 0.312 e. The Morgan fingerprint density at radius 3 is 2.58 bits per heavy atom. The van der Waals surface area contributed by atoms with Crippen LogP contribution in [0.4, 0.5) is 0 Å².